The van der Waals surface area contributed by atoms with Gasteiger partial charge in [-0.3, -0.25) is 4.79 Å². The second kappa shape index (κ2) is 2.99. The third-order valence-electron chi connectivity index (χ3n) is 5.34. The van der Waals surface area contributed by atoms with E-state index in [-0.39, 0.29) is 10.8 Å². The molecule has 0 amide bonds. The van der Waals surface area contributed by atoms with Gasteiger partial charge in [0.05, 0.1) is 11.1 Å². The molecule has 0 heterocycles. The summed E-state index contributed by atoms with van der Waals surface area (Å²) in [6.45, 7) is 6.21. The molecule has 4 heteroatoms. The molecule has 1 N–H and O–H groups in total. The van der Waals surface area contributed by atoms with Gasteiger partial charge in [-0.2, -0.15) is 0 Å². The molecule has 0 radical (unpaired) electrons. The lowest BCUT2D eigenvalue weighted by atomic mass is 9.65. The highest BCUT2D eigenvalue weighted by Crippen LogP contribution is 2.70. The van der Waals surface area contributed by atoms with Gasteiger partial charge in [0, 0.05) is 11.8 Å². The van der Waals surface area contributed by atoms with Gasteiger partial charge in [-0.05, 0) is 18.3 Å². The molecule has 16 heavy (non-hydrogen) atoms. The summed E-state index contributed by atoms with van der Waals surface area (Å²) in [5.41, 5.74) is -0.141. The number of aliphatic carboxylic acids is 1. The van der Waals surface area contributed by atoms with Gasteiger partial charge in [-0.1, -0.05) is 25.9 Å². The first kappa shape index (κ1) is 11.4. The first-order valence-electron chi connectivity index (χ1n) is 5.66. The van der Waals surface area contributed by atoms with Crippen molar-refractivity contribution in [3.63, 3.8) is 0 Å². The van der Waals surface area contributed by atoms with Crippen molar-refractivity contribution < 1.29 is 14.7 Å². The molecule has 2 aliphatic rings. The lowest BCUT2D eigenvalue weighted by Crippen LogP contribution is -2.40. The Kier molecular flexibility index (Phi) is 2.14. The lowest BCUT2D eigenvalue weighted by molar-refractivity contribution is -0.154. The maximum absolute atomic E-state index is 11.6. The predicted molar refractivity (Wildman–Crippen MR) is 60.3 cm³/mol. The van der Waals surface area contributed by atoms with E-state index in [0.717, 1.165) is 18.6 Å². The van der Waals surface area contributed by atoms with Crippen molar-refractivity contribution in [2.24, 2.45) is 21.4 Å². The van der Waals surface area contributed by atoms with E-state index in [1.54, 1.807) is 0 Å². The van der Waals surface area contributed by atoms with Crippen molar-refractivity contribution in [3.8, 4) is 0 Å². The molecule has 0 aromatic carbocycles. The topological polar surface area (TPSA) is 58.9 Å². The van der Waals surface area contributed by atoms with Gasteiger partial charge in [-0.15, -0.1) is 0 Å². The van der Waals surface area contributed by atoms with E-state index < -0.39 is 11.4 Å². The Balaban J connectivity index is 2.55. The Morgan fingerprint density at radius 1 is 1.38 bits per heavy atom. The molecule has 2 fully saturated rings. The minimum Gasteiger partial charge on any atom is -0.481 e. The minimum absolute atomic E-state index is 0.137. The van der Waals surface area contributed by atoms with E-state index in [9.17, 15) is 9.90 Å². The Morgan fingerprint density at radius 2 is 2.00 bits per heavy atom. The van der Waals surface area contributed by atoms with Gasteiger partial charge in [-0.25, -0.2) is 0 Å². The molecule has 0 aromatic heterocycles. The molecule has 90 valence electrons. The first-order valence-corrected chi connectivity index (χ1v) is 5.66. The highest BCUT2D eigenvalue weighted by Gasteiger charge is 2.72. The summed E-state index contributed by atoms with van der Waals surface area (Å²) < 4.78 is 0. The van der Waals surface area contributed by atoms with Crippen LogP contribution in [0.1, 0.15) is 40.0 Å². The second-order valence-corrected chi connectivity index (χ2v) is 5.74. The third-order valence-corrected chi connectivity index (χ3v) is 5.34. The molecule has 0 aromatic rings. The molecule has 2 atom stereocenters. The Morgan fingerprint density at radius 3 is 2.44 bits per heavy atom. The third kappa shape index (κ3) is 0.955. The van der Waals surface area contributed by atoms with Crippen LogP contribution in [0.25, 0.3) is 0 Å². The first-order chi connectivity index (χ1) is 7.32. The van der Waals surface area contributed by atoms with E-state index in [0.29, 0.717) is 6.42 Å². The predicted octanol–water partition coefficient (Wildman–Crippen LogP) is 2.29. The van der Waals surface area contributed by atoms with Crippen molar-refractivity contribution in [3.05, 3.63) is 0 Å². The summed E-state index contributed by atoms with van der Waals surface area (Å²) in [5, 5.41) is 13.6. The fourth-order valence-corrected chi connectivity index (χ4v) is 3.60. The summed E-state index contributed by atoms with van der Waals surface area (Å²) in [5.74, 6) is -0.692. The number of hydrogen-bond acceptors (Lipinski definition) is 3. The summed E-state index contributed by atoms with van der Waals surface area (Å²) in [4.78, 5) is 16.4. The van der Waals surface area contributed by atoms with Crippen LogP contribution in [-0.2, 0) is 9.63 Å². The van der Waals surface area contributed by atoms with Crippen molar-refractivity contribution in [2.45, 2.75) is 40.0 Å². The smallest absolute Gasteiger partial charge is 0.310 e. The van der Waals surface area contributed by atoms with Crippen LogP contribution < -0.4 is 0 Å². The van der Waals surface area contributed by atoms with E-state index in [2.05, 4.69) is 12.1 Å². The largest absolute Gasteiger partial charge is 0.481 e. The summed E-state index contributed by atoms with van der Waals surface area (Å²) in [6, 6.07) is 0. The molecular weight excluding hydrogens is 206 g/mol. The van der Waals surface area contributed by atoms with Crippen molar-refractivity contribution in [1.29, 1.82) is 0 Å². The van der Waals surface area contributed by atoms with E-state index in [1.807, 2.05) is 13.8 Å². The van der Waals surface area contributed by atoms with Crippen LogP contribution in [0.4, 0.5) is 0 Å². The van der Waals surface area contributed by atoms with E-state index in [1.165, 1.54) is 7.11 Å². The van der Waals surface area contributed by atoms with Crippen LogP contribution in [0, 0.1) is 16.2 Å². The zero-order chi connectivity index (χ0) is 12.2. The van der Waals surface area contributed by atoms with Crippen LogP contribution >= 0.6 is 0 Å². The highest BCUT2D eigenvalue weighted by atomic mass is 16.6. The van der Waals surface area contributed by atoms with Gasteiger partial charge in [0.25, 0.3) is 0 Å². The fraction of sp³-hybridized carbons (Fsp3) is 0.833. The molecule has 2 aliphatic carbocycles. The summed E-state index contributed by atoms with van der Waals surface area (Å²) in [7, 11) is 1.52. The molecular formula is C12H19NO3. The Hall–Kier alpha value is -1.06. The van der Waals surface area contributed by atoms with Crippen LogP contribution in [-0.4, -0.2) is 23.9 Å². The number of fused-ring (bicyclic) bond motifs is 2. The van der Waals surface area contributed by atoms with Crippen molar-refractivity contribution >= 4 is 11.7 Å². The average molecular weight is 225 g/mol. The summed E-state index contributed by atoms with van der Waals surface area (Å²) in [6.07, 6.45) is 2.16. The SMILES string of the molecule is CO/N=C1/C[C@]2(C(=O)O)CC[C@]1(C)C2(C)C. The van der Waals surface area contributed by atoms with Gasteiger partial charge >= 0.3 is 5.97 Å². The van der Waals surface area contributed by atoms with Gasteiger partial charge < -0.3 is 9.94 Å². The molecule has 4 nitrogen and oxygen atoms in total. The Labute approximate surface area is 95.7 Å². The number of oxime groups is 1. The highest BCUT2D eigenvalue weighted by molar-refractivity contribution is 6.00. The zero-order valence-electron chi connectivity index (χ0n) is 10.3. The molecule has 0 spiro atoms. The molecule has 0 aliphatic heterocycles. The molecule has 0 saturated heterocycles. The fourth-order valence-electron chi connectivity index (χ4n) is 3.60. The zero-order valence-corrected chi connectivity index (χ0v) is 10.3. The average Bonchev–Trinajstić information content (AvgIpc) is 2.48. The normalized spacial score (nSPS) is 42.6. The molecule has 0 unspecified atom stereocenters. The number of hydrogen-bond donors (Lipinski definition) is 1. The second-order valence-electron chi connectivity index (χ2n) is 5.74. The quantitative estimate of drug-likeness (QED) is 0.733. The van der Waals surface area contributed by atoms with E-state index in [4.69, 9.17) is 4.84 Å². The maximum atomic E-state index is 11.6. The van der Waals surface area contributed by atoms with Crippen LogP contribution in [0.2, 0.25) is 0 Å². The maximum Gasteiger partial charge on any atom is 0.310 e. The number of carboxylic acids is 1. The standard InChI is InChI=1S/C12H19NO3/c1-10(2)11(3)5-6-12(10,9(14)15)7-8(11)13-16-4/h5-7H2,1-4H3,(H,14,15)/b13-8-/t11-,12-/m0/s1. The van der Waals surface area contributed by atoms with Gasteiger partial charge in [0.2, 0.25) is 0 Å². The minimum atomic E-state index is -0.692. The number of nitrogens with zero attached hydrogens (tertiary/aromatic N) is 1. The number of carbonyl (C=O) groups is 1. The van der Waals surface area contributed by atoms with E-state index >= 15 is 0 Å². The monoisotopic (exact) mass is 225 g/mol. The van der Waals surface area contributed by atoms with Gasteiger partial charge in [0.15, 0.2) is 0 Å². The van der Waals surface area contributed by atoms with Gasteiger partial charge in [0.1, 0.15) is 7.11 Å². The summed E-state index contributed by atoms with van der Waals surface area (Å²) >= 11 is 0. The molecule has 2 saturated carbocycles. The van der Waals surface area contributed by atoms with Crippen molar-refractivity contribution in [1.82, 2.24) is 0 Å². The number of rotatable bonds is 2. The van der Waals surface area contributed by atoms with Crippen LogP contribution in [0.15, 0.2) is 5.16 Å². The van der Waals surface area contributed by atoms with Crippen LogP contribution in [0.3, 0.4) is 0 Å². The Bertz CT molecular complexity index is 374. The lowest BCUT2D eigenvalue weighted by Gasteiger charge is -2.37. The van der Waals surface area contributed by atoms with Crippen molar-refractivity contribution in [2.75, 3.05) is 7.11 Å². The number of carboxylic acid groups (broad SMARTS) is 1. The molecule has 2 bridgehead atoms. The van der Waals surface area contributed by atoms with Crippen LogP contribution in [0.5, 0.6) is 0 Å². The molecule has 2 rings (SSSR count).